The highest BCUT2D eigenvalue weighted by molar-refractivity contribution is 5.86. The third kappa shape index (κ3) is 3.38. The molecule has 0 aromatic heterocycles. The highest BCUT2D eigenvalue weighted by Gasteiger charge is 2.42. The molecule has 0 unspecified atom stereocenters. The largest absolute Gasteiger partial charge is 0.508 e. The molecule has 0 heterocycles. The number of ether oxygens (including phenoxy) is 1. The van der Waals surface area contributed by atoms with E-state index in [9.17, 15) is 9.90 Å². The predicted molar refractivity (Wildman–Crippen MR) is 73.1 cm³/mol. The summed E-state index contributed by atoms with van der Waals surface area (Å²) >= 11 is 0. The van der Waals surface area contributed by atoms with E-state index in [4.69, 9.17) is 10.5 Å². The van der Waals surface area contributed by atoms with Gasteiger partial charge in [0.15, 0.2) is 0 Å². The predicted octanol–water partition coefficient (Wildman–Crippen LogP) is 2.69. The molecule has 1 aromatic carbocycles. The number of carbonyl (C=O) groups excluding carboxylic acids is 1. The van der Waals surface area contributed by atoms with Crippen molar-refractivity contribution >= 4 is 11.8 Å². The summed E-state index contributed by atoms with van der Waals surface area (Å²) in [5, 5.41) is 12.2. The number of hydrogen-bond acceptors (Lipinski definition) is 4. The monoisotopic (exact) mass is 264 g/mol. The van der Waals surface area contributed by atoms with Crippen LogP contribution in [0.15, 0.2) is 18.2 Å². The molecule has 1 aromatic rings. The minimum absolute atomic E-state index is 0.140. The van der Waals surface area contributed by atoms with Crippen LogP contribution in [0.3, 0.4) is 0 Å². The fourth-order valence-corrected chi connectivity index (χ4v) is 1.87. The van der Waals surface area contributed by atoms with Crippen LogP contribution >= 0.6 is 0 Å². The van der Waals surface area contributed by atoms with E-state index in [1.54, 1.807) is 32.9 Å². The molecule has 1 fully saturated rings. The smallest absolute Gasteiger partial charge is 0.412 e. The number of rotatable bonds is 2. The van der Waals surface area contributed by atoms with Crippen LogP contribution in [-0.4, -0.2) is 16.8 Å². The zero-order chi connectivity index (χ0) is 14.3. The van der Waals surface area contributed by atoms with E-state index in [0.717, 1.165) is 18.4 Å². The topological polar surface area (TPSA) is 84.6 Å². The lowest BCUT2D eigenvalue weighted by atomic mass is 10.0. The van der Waals surface area contributed by atoms with Gasteiger partial charge in [-0.1, -0.05) is 0 Å². The molecule has 0 bridgehead atoms. The zero-order valence-electron chi connectivity index (χ0n) is 11.5. The van der Waals surface area contributed by atoms with Crippen LogP contribution in [0.25, 0.3) is 0 Å². The number of hydrogen-bond donors (Lipinski definition) is 3. The second-order valence-corrected chi connectivity index (χ2v) is 6.01. The van der Waals surface area contributed by atoms with Crippen LogP contribution in [0.4, 0.5) is 10.5 Å². The highest BCUT2D eigenvalue weighted by atomic mass is 16.6. The Morgan fingerprint density at radius 1 is 1.42 bits per heavy atom. The molecule has 2 rings (SSSR count). The van der Waals surface area contributed by atoms with Crippen molar-refractivity contribution in [2.24, 2.45) is 5.73 Å². The fraction of sp³-hybridized carbons (Fsp3) is 0.500. The standard InChI is InChI=1S/C14H20N2O3/c1-13(2,3)19-12(18)16-11-5-4-9(17)8-10(11)14(15)6-7-14/h4-5,8,17H,6-7,15H2,1-3H3,(H,16,18). The Balaban J connectivity index is 2.19. The molecule has 4 N–H and O–H groups in total. The molecule has 0 spiro atoms. The molecular formula is C14H20N2O3. The van der Waals surface area contributed by atoms with E-state index in [1.807, 2.05) is 0 Å². The van der Waals surface area contributed by atoms with Crippen LogP contribution in [0.5, 0.6) is 5.75 Å². The number of phenols is 1. The first-order valence-corrected chi connectivity index (χ1v) is 6.32. The summed E-state index contributed by atoms with van der Waals surface area (Å²) in [4.78, 5) is 11.8. The van der Waals surface area contributed by atoms with Gasteiger partial charge in [0.1, 0.15) is 11.4 Å². The first kappa shape index (κ1) is 13.7. The molecule has 5 nitrogen and oxygen atoms in total. The lowest BCUT2D eigenvalue weighted by Gasteiger charge is -2.21. The molecule has 1 amide bonds. The fourth-order valence-electron chi connectivity index (χ4n) is 1.87. The average Bonchev–Trinajstić information content (AvgIpc) is 2.97. The van der Waals surface area contributed by atoms with Crippen LogP contribution in [0, 0.1) is 0 Å². The summed E-state index contributed by atoms with van der Waals surface area (Å²) < 4.78 is 5.21. The van der Waals surface area contributed by atoms with Crippen molar-refractivity contribution in [1.29, 1.82) is 0 Å². The molecule has 1 aliphatic rings. The Kier molecular flexibility index (Phi) is 3.18. The van der Waals surface area contributed by atoms with E-state index in [-0.39, 0.29) is 5.75 Å². The molecular weight excluding hydrogens is 244 g/mol. The van der Waals surface area contributed by atoms with Gasteiger partial charge in [0.05, 0.1) is 0 Å². The van der Waals surface area contributed by atoms with E-state index in [1.165, 1.54) is 6.07 Å². The molecule has 0 radical (unpaired) electrons. The van der Waals surface area contributed by atoms with Gasteiger partial charge in [0.2, 0.25) is 0 Å². The van der Waals surface area contributed by atoms with Gasteiger partial charge in [-0.05, 0) is 57.4 Å². The van der Waals surface area contributed by atoms with E-state index in [2.05, 4.69) is 5.32 Å². The molecule has 0 aliphatic heterocycles. The summed E-state index contributed by atoms with van der Waals surface area (Å²) in [7, 11) is 0. The summed E-state index contributed by atoms with van der Waals surface area (Å²) in [6.07, 6.45) is 1.17. The lowest BCUT2D eigenvalue weighted by Crippen LogP contribution is -2.28. The Bertz CT molecular complexity index is 502. The molecule has 0 atom stereocenters. The molecule has 0 saturated heterocycles. The Morgan fingerprint density at radius 2 is 2.05 bits per heavy atom. The maximum absolute atomic E-state index is 11.8. The van der Waals surface area contributed by atoms with Crippen molar-refractivity contribution in [3.8, 4) is 5.75 Å². The SMILES string of the molecule is CC(C)(C)OC(=O)Nc1ccc(O)cc1C1(N)CC1. The summed E-state index contributed by atoms with van der Waals surface area (Å²) in [6, 6.07) is 4.75. The van der Waals surface area contributed by atoms with Gasteiger partial charge < -0.3 is 15.6 Å². The van der Waals surface area contributed by atoms with E-state index < -0.39 is 17.2 Å². The number of carbonyl (C=O) groups is 1. The molecule has 5 heteroatoms. The average molecular weight is 264 g/mol. The molecule has 104 valence electrons. The Labute approximate surface area is 112 Å². The quantitative estimate of drug-likeness (QED) is 0.717. The van der Waals surface area contributed by atoms with Crippen LogP contribution in [0.1, 0.15) is 39.2 Å². The van der Waals surface area contributed by atoms with Crippen LogP contribution < -0.4 is 11.1 Å². The molecule has 1 saturated carbocycles. The maximum atomic E-state index is 11.8. The second kappa shape index (κ2) is 4.42. The Hall–Kier alpha value is -1.75. The maximum Gasteiger partial charge on any atom is 0.412 e. The van der Waals surface area contributed by atoms with Crippen molar-refractivity contribution in [3.63, 3.8) is 0 Å². The number of benzene rings is 1. The number of nitrogens with two attached hydrogens (primary N) is 1. The van der Waals surface area contributed by atoms with Gasteiger partial charge in [-0.3, -0.25) is 5.32 Å². The van der Waals surface area contributed by atoms with Crippen molar-refractivity contribution in [1.82, 2.24) is 0 Å². The van der Waals surface area contributed by atoms with Gasteiger partial charge in [0.25, 0.3) is 0 Å². The van der Waals surface area contributed by atoms with Crippen LogP contribution in [0.2, 0.25) is 0 Å². The lowest BCUT2D eigenvalue weighted by molar-refractivity contribution is 0.0635. The van der Waals surface area contributed by atoms with Gasteiger partial charge in [-0.15, -0.1) is 0 Å². The van der Waals surface area contributed by atoms with Crippen LogP contribution in [-0.2, 0) is 10.3 Å². The van der Waals surface area contributed by atoms with Crippen molar-refractivity contribution < 1.29 is 14.6 Å². The van der Waals surface area contributed by atoms with Crippen molar-refractivity contribution in [3.05, 3.63) is 23.8 Å². The summed E-state index contributed by atoms with van der Waals surface area (Å²) in [5.41, 5.74) is 6.48. The van der Waals surface area contributed by atoms with Gasteiger partial charge in [-0.25, -0.2) is 4.79 Å². The van der Waals surface area contributed by atoms with Gasteiger partial charge >= 0.3 is 6.09 Å². The molecule has 1 aliphatic carbocycles. The summed E-state index contributed by atoms with van der Waals surface area (Å²) in [6.45, 7) is 5.40. The van der Waals surface area contributed by atoms with Gasteiger partial charge in [-0.2, -0.15) is 0 Å². The third-order valence-corrected chi connectivity index (χ3v) is 2.96. The second-order valence-electron chi connectivity index (χ2n) is 6.01. The molecule has 19 heavy (non-hydrogen) atoms. The van der Waals surface area contributed by atoms with Gasteiger partial charge in [0, 0.05) is 11.2 Å². The first-order valence-electron chi connectivity index (χ1n) is 6.32. The van der Waals surface area contributed by atoms with Crippen molar-refractivity contribution in [2.75, 3.05) is 5.32 Å². The van der Waals surface area contributed by atoms with Crippen molar-refractivity contribution in [2.45, 2.75) is 44.8 Å². The highest BCUT2D eigenvalue weighted by Crippen LogP contribution is 2.46. The van der Waals surface area contributed by atoms with E-state index in [0.29, 0.717) is 5.69 Å². The normalized spacial score (nSPS) is 16.8. The number of phenolic OH excluding ortho intramolecular Hbond substituents is 1. The summed E-state index contributed by atoms with van der Waals surface area (Å²) in [5.74, 6) is 0.140. The Morgan fingerprint density at radius 3 is 2.58 bits per heavy atom. The first-order chi connectivity index (χ1) is 8.70. The number of nitrogens with one attached hydrogen (secondary N) is 1. The minimum Gasteiger partial charge on any atom is -0.508 e. The number of amides is 1. The number of aromatic hydroxyl groups is 1. The third-order valence-electron chi connectivity index (χ3n) is 2.96. The van der Waals surface area contributed by atoms with E-state index >= 15 is 0 Å². The zero-order valence-corrected chi connectivity index (χ0v) is 11.5. The minimum atomic E-state index is -0.554. The number of anilines is 1.